The second-order valence-corrected chi connectivity index (χ2v) is 3.01. The Balaban J connectivity index is 2.78. The van der Waals surface area contributed by atoms with E-state index in [1.165, 1.54) is 24.3 Å². The van der Waals surface area contributed by atoms with Crippen molar-refractivity contribution in [1.29, 1.82) is 0 Å². The predicted molar refractivity (Wildman–Crippen MR) is 59.6 cm³/mol. The zero-order valence-corrected chi connectivity index (χ0v) is 8.55. The predicted octanol–water partition coefficient (Wildman–Crippen LogP) is -0.286. The largest absolute Gasteiger partial charge is 0.504 e. The summed E-state index contributed by atoms with van der Waals surface area (Å²) in [5, 5.41) is 29.4. The van der Waals surface area contributed by atoms with E-state index in [0.717, 1.165) is 0 Å². The second kappa shape index (κ2) is 7.05. The molecule has 4 N–H and O–H groups in total. The van der Waals surface area contributed by atoms with Crippen molar-refractivity contribution in [3.8, 4) is 11.5 Å². The fourth-order valence-corrected chi connectivity index (χ4v) is 0.893. The Bertz CT molecular complexity index is 444. The van der Waals surface area contributed by atoms with Crippen LogP contribution in [0.5, 0.6) is 11.5 Å². The molecule has 1 rings (SSSR count). The van der Waals surface area contributed by atoms with Crippen LogP contribution in [-0.4, -0.2) is 47.6 Å². The Morgan fingerprint density at radius 3 is 2.88 bits per heavy atom. The summed E-state index contributed by atoms with van der Waals surface area (Å²) in [6.45, 7) is -6.38. The quantitative estimate of drug-likeness (QED) is 0.518. The third-order valence-electron chi connectivity index (χ3n) is 1.71. The van der Waals surface area contributed by atoms with Crippen molar-refractivity contribution in [3.05, 3.63) is 24.3 Å². The molecule has 0 spiro atoms. The zero-order chi connectivity index (χ0) is 15.4. The lowest BCUT2D eigenvalue weighted by atomic mass is 10.3. The van der Waals surface area contributed by atoms with Gasteiger partial charge >= 0.3 is 0 Å². The molecular weight excluding hydrogens is 210 g/mol. The van der Waals surface area contributed by atoms with E-state index in [1.807, 2.05) is 0 Å². The second-order valence-electron chi connectivity index (χ2n) is 3.01. The minimum atomic E-state index is -2.80. The number of aliphatic hydroxyl groups is 2. The van der Waals surface area contributed by atoms with E-state index in [9.17, 15) is 5.11 Å². The standard InChI is InChI=1S/C11H17NO4/c13-8-9(14)7-12-5-6-16-11-4-2-1-3-10(11)15/h1-4,9,12-15H,5-8H2/i5D2,6D2. The third kappa shape index (κ3) is 4.48. The van der Waals surface area contributed by atoms with Crippen molar-refractivity contribution >= 4 is 0 Å². The minimum absolute atomic E-state index is 0.203. The zero-order valence-electron chi connectivity index (χ0n) is 12.6. The number of aromatic hydroxyl groups is 1. The topological polar surface area (TPSA) is 82.0 Å². The molecule has 0 aliphatic heterocycles. The summed E-state index contributed by atoms with van der Waals surface area (Å²) in [6, 6.07) is 5.60. The summed E-state index contributed by atoms with van der Waals surface area (Å²) >= 11 is 0. The molecule has 0 heterocycles. The molecule has 5 nitrogen and oxygen atoms in total. The van der Waals surface area contributed by atoms with Crippen molar-refractivity contribution in [2.24, 2.45) is 0 Å². The van der Waals surface area contributed by atoms with Crippen LogP contribution in [0.1, 0.15) is 5.48 Å². The number of rotatable bonds is 7. The van der Waals surface area contributed by atoms with Gasteiger partial charge in [0, 0.05) is 15.8 Å². The Morgan fingerprint density at radius 1 is 1.44 bits per heavy atom. The number of phenols is 1. The highest BCUT2D eigenvalue weighted by atomic mass is 16.5. The van der Waals surface area contributed by atoms with Gasteiger partial charge in [0.25, 0.3) is 0 Å². The van der Waals surface area contributed by atoms with Gasteiger partial charge in [-0.15, -0.1) is 0 Å². The van der Waals surface area contributed by atoms with Crippen LogP contribution in [0.2, 0.25) is 0 Å². The lowest BCUT2D eigenvalue weighted by Gasteiger charge is -2.10. The number of para-hydroxylation sites is 2. The Kier molecular flexibility index (Phi) is 3.48. The van der Waals surface area contributed by atoms with Crippen LogP contribution in [0.4, 0.5) is 0 Å². The Hall–Kier alpha value is -1.30. The van der Waals surface area contributed by atoms with Gasteiger partial charge in [-0.05, 0) is 12.1 Å². The van der Waals surface area contributed by atoms with Gasteiger partial charge in [0.1, 0.15) is 6.56 Å². The van der Waals surface area contributed by atoms with Crippen LogP contribution in [-0.2, 0) is 0 Å². The van der Waals surface area contributed by atoms with E-state index >= 15 is 0 Å². The van der Waals surface area contributed by atoms with Crippen LogP contribution in [0.15, 0.2) is 24.3 Å². The number of phenolic OH excluding ortho intramolecular Hbond substituents is 1. The number of benzene rings is 1. The number of ether oxygens (including phenoxy) is 1. The summed E-state index contributed by atoms with van der Waals surface area (Å²) in [5.41, 5.74) is 0. The van der Waals surface area contributed by atoms with Gasteiger partial charge in [0.05, 0.1) is 15.5 Å². The number of aliphatic hydroxyl groups excluding tert-OH is 2. The SMILES string of the molecule is [2H]C([2H])(NCC(O)CO)C([2H])([2H])Oc1ccccc1O. The van der Waals surface area contributed by atoms with E-state index in [1.54, 1.807) is 0 Å². The fraction of sp³-hybridized carbons (Fsp3) is 0.455. The smallest absolute Gasteiger partial charge is 0.160 e. The fourth-order valence-electron chi connectivity index (χ4n) is 0.893. The van der Waals surface area contributed by atoms with Crippen LogP contribution in [0.3, 0.4) is 0 Å². The van der Waals surface area contributed by atoms with Gasteiger partial charge < -0.3 is 25.4 Å². The lowest BCUT2D eigenvalue weighted by molar-refractivity contribution is 0.0936. The lowest BCUT2D eigenvalue weighted by Crippen LogP contribution is -2.32. The molecule has 5 heteroatoms. The first kappa shape index (κ1) is 7.89. The highest BCUT2D eigenvalue weighted by molar-refractivity contribution is 5.37. The molecule has 0 saturated carbocycles. The molecule has 1 aromatic rings. The van der Waals surface area contributed by atoms with Crippen molar-refractivity contribution < 1.29 is 25.5 Å². The summed E-state index contributed by atoms with van der Waals surface area (Å²) in [5.74, 6) is -0.520. The number of hydrogen-bond donors (Lipinski definition) is 4. The van der Waals surface area contributed by atoms with Gasteiger partial charge in [-0.1, -0.05) is 12.1 Å². The van der Waals surface area contributed by atoms with E-state index in [2.05, 4.69) is 5.32 Å². The molecule has 0 aliphatic rings. The molecule has 0 fully saturated rings. The average Bonchev–Trinajstić information content (AvgIpc) is 2.38. The van der Waals surface area contributed by atoms with Crippen molar-refractivity contribution in [3.63, 3.8) is 0 Å². The molecule has 0 saturated heterocycles. The van der Waals surface area contributed by atoms with Crippen LogP contribution >= 0.6 is 0 Å². The third-order valence-corrected chi connectivity index (χ3v) is 1.71. The minimum Gasteiger partial charge on any atom is -0.504 e. The first-order valence-corrected chi connectivity index (χ1v) is 4.70. The van der Waals surface area contributed by atoms with Gasteiger partial charge in [0.15, 0.2) is 11.5 Å². The summed E-state index contributed by atoms with van der Waals surface area (Å²) in [6.07, 6.45) is -1.22. The normalized spacial score (nSPS) is 17.9. The maximum Gasteiger partial charge on any atom is 0.160 e. The van der Waals surface area contributed by atoms with Gasteiger partial charge in [-0.25, -0.2) is 0 Å². The first-order chi connectivity index (χ1) is 9.19. The Labute approximate surface area is 99.9 Å². The molecule has 1 unspecified atom stereocenters. The highest BCUT2D eigenvalue weighted by Gasteiger charge is 2.01. The molecule has 0 aromatic heterocycles. The summed E-state index contributed by atoms with van der Waals surface area (Å²) < 4.78 is 35.3. The van der Waals surface area contributed by atoms with Crippen molar-refractivity contribution in [1.82, 2.24) is 5.32 Å². The van der Waals surface area contributed by atoms with Gasteiger partial charge in [0.2, 0.25) is 0 Å². The molecule has 90 valence electrons. The van der Waals surface area contributed by atoms with Crippen LogP contribution in [0.25, 0.3) is 0 Å². The average molecular weight is 231 g/mol. The highest BCUT2D eigenvalue weighted by Crippen LogP contribution is 2.23. The van der Waals surface area contributed by atoms with Crippen LogP contribution in [0, 0.1) is 0 Å². The van der Waals surface area contributed by atoms with Crippen molar-refractivity contribution in [2.45, 2.75) is 6.10 Å². The molecule has 0 radical (unpaired) electrons. The molecule has 1 atom stereocenters. The summed E-state index contributed by atoms with van der Waals surface area (Å²) in [7, 11) is 0. The van der Waals surface area contributed by atoms with Crippen LogP contribution < -0.4 is 10.1 Å². The Morgan fingerprint density at radius 2 is 2.19 bits per heavy atom. The van der Waals surface area contributed by atoms with Gasteiger partial charge in [-0.3, -0.25) is 0 Å². The molecule has 0 amide bonds. The summed E-state index contributed by atoms with van der Waals surface area (Å²) in [4.78, 5) is 0. The molecular formula is C11H17NO4. The van der Waals surface area contributed by atoms with Gasteiger partial charge in [-0.2, -0.15) is 0 Å². The molecule has 0 aliphatic carbocycles. The first-order valence-electron chi connectivity index (χ1n) is 6.70. The van der Waals surface area contributed by atoms with E-state index < -0.39 is 25.8 Å². The molecule has 16 heavy (non-hydrogen) atoms. The number of nitrogens with one attached hydrogen (secondary N) is 1. The maximum absolute atomic E-state index is 9.49. The van der Waals surface area contributed by atoms with E-state index in [-0.39, 0.29) is 18.0 Å². The molecule has 1 aromatic carbocycles. The van der Waals surface area contributed by atoms with E-state index in [0.29, 0.717) is 0 Å². The van der Waals surface area contributed by atoms with Crippen molar-refractivity contribution in [2.75, 3.05) is 26.2 Å². The van der Waals surface area contributed by atoms with E-state index in [4.69, 9.17) is 20.4 Å². The maximum atomic E-state index is 9.49. The number of hydrogen-bond acceptors (Lipinski definition) is 5. The molecule has 0 bridgehead atoms. The monoisotopic (exact) mass is 231 g/mol.